The number of urea groups is 1. The Morgan fingerprint density at radius 2 is 1.77 bits per heavy atom. The molecule has 0 radical (unpaired) electrons. The summed E-state index contributed by atoms with van der Waals surface area (Å²) >= 11 is 0. The lowest BCUT2D eigenvalue weighted by atomic mass is 9.91. The average Bonchev–Trinajstić information content (AvgIpc) is 3.27. The number of amides is 2. The molecule has 40 heavy (non-hydrogen) atoms. The Hall–Kier alpha value is -4.06. The number of fused-ring (bicyclic) bond motifs is 1. The van der Waals surface area contributed by atoms with Gasteiger partial charge in [0.1, 0.15) is 11.6 Å². The Kier molecular flexibility index (Phi) is 7.85. The van der Waals surface area contributed by atoms with Gasteiger partial charge in [0, 0.05) is 50.2 Å². The lowest BCUT2D eigenvalue weighted by Crippen LogP contribution is -2.43. The van der Waals surface area contributed by atoms with E-state index in [4.69, 9.17) is 4.74 Å². The van der Waals surface area contributed by atoms with Crippen molar-refractivity contribution in [1.82, 2.24) is 14.8 Å². The van der Waals surface area contributed by atoms with E-state index in [0.29, 0.717) is 36.9 Å². The van der Waals surface area contributed by atoms with E-state index in [9.17, 15) is 9.90 Å². The molecule has 0 unspecified atom stereocenters. The monoisotopic (exact) mass is 537 g/mol. The maximum atomic E-state index is 13.3. The zero-order valence-electron chi connectivity index (χ0n) is 22.6. The Morgan fingerprint density at radius 3 is 2.55 bits per heavy atom. The maximum absolute atomic E-state index is 13.3. The van der Waals surface area contributed by atoms with Gasteiger partial charge < -0.3 is 25.0 Å². The number of aromatic nitrogens is 1. The first-order chi connectivity index (χ1) is 19.6. The smallest absolute Gasteiger partial charge is 0.321 e. The van der Waals surface area contributed by atoms with Crippen LogP contribution in [0.3, 0.4) is 0 Å². The van der Waals surface area contributed by atoms with Gasteiger partial charge in [0.15, 0.2) is 0 Å². The van der Waals surface area contributed by atoms with Crippen LogP contribution in [0.2, 0.25) is 0 Å². The van der Waals surface area contributed by atoms with Crippen molar-refractivity contribution >= 4 is 17.5 Å². The summed E-state index contributed by atoms with van der Waals surface area (Å²) in [5, 5.41) is 13.0. The second kappa shape index (κ2) is 12.0. The lowest BCUT2D eigenvalue weighted by Gasteiger charge is -2.30. The highest BCUT2D eigenvalue weighted by molar-refractivity contribution is 5.89. The maximum Gasteiger partial charge on any atom is 0.321 e. The molecule has 2 amide bonds. The van der Waals surface area contributed by atoms with Crippen LogP contribution < -0.4 is 10.2 Å². The second-order valence-electron chi connectivity index (χ2n) is 10.6. The van der Waals surface area contributed by atoms with Gasteiger partial charge in [-0.05, 0) is 61.3 Å². The lowest BCUT2D eigenvalue weighted by molar-refractivity contribution is 0.122. The van der Waals surface area contributed by atoms with E-state index in [-0.39, 0.29) is 17.8 Å². The fourth-order valence-corrected chi connectivity index (χ4v) is 5.97. The number of hydrogen-bond donors (Lipinski definition) is 2. The van der Waals surface area contributed by atoms with E-state index in [1.807, 2.05) is 29.2 Å². The molecular formula is C32H35N5O3. The second-order valence-corrected chi connectivity index (χ2v) is 10.6. The van der Waals surface area contributed by atoms with Crippen molar-refractivity contribution in [3.8, 4) is 17.6 Å². The summed E-state index contributed by atoms with van der Waals surface area (Å²) in [6, 6.07) is 19.7. The number of carbonyl (C=O) groups excluding carboxylic acids is 1. The summed E-state index contributed by atoms with van der Waals surface area (Å²) in [6.45, 7) is 6.59. The number of ether oxygens (including phenoxy) is 1. The SMILES string of the molecule is O=C(Nc1ccc(N2CCOCC2)nc1)N1CCCN2CC[C@H](c3ccc(C#Cc4ccccc4O)cc3)[C@@H]2C1. The third kappa shape index (κ3) is 5.91. The zero-order chi connectivity index (χ0) is 27.3. The van der Waals surface area contributed by atoms with Crippen LogP contribution in [0.5, 0.6) is 5.75 Å². The van der Waals surface area contributed by atoms with Gasteiger partial charge in [-0.2, -0.15) is 0 Å². The minimum Gasteiger partial charge on any atom is -0.507 e. The van der Waals surface area contributed by atoms with Crippen molar-refractivity contribution in [3.63, 3.8) is 0 Å². The number of nitrogens with one attached hydrogen (secondary N) is 1. The fourth-order valence-electron chi connectivity index (χ4n) is 5.97. The highest BCUT2D eigenvalue weighted by Crippen LogP contribution is 2.35. The van der Waals surface area contributed by atoms with Gasteiger partial charge in [-0.15, -0.1) is 0 Å². The van der Waals surface area contributed by atoms with Gasteiger partial charge in [-0.1, -0.05) is 36.1 Å². The number of rotatable bonds is 3. The van der Waals surface area contributed by atoms with Gasteiger partial charge in [0.05, 0.1) is 30.7 Å². The summed E-state index contributed by atoms with van der Waals surface area (Å²) in [5.74, 6) is 7.69. The molecule has 8 nitrogen and oxygen atoms in total. The van der Waals surface area contributed by atoms with Crippen molar-refractivity contribution in [3.05, 3.63) is 83.6 Å². The third-order valence-corrected chi connectivity index (χ3v) is 8.15. The minimum atomic E-state index is -0.0665. The molecule has 1 aromatic heterocycles. The fraction of sp³-hybridized carbons (Fsp3) is 0.375. The zero-order valence-corrected chi connectivity index (χ0v) is 22.6. The number of anilines is 2. The van der Waals surface area contributed by atoms with Crippen molar-refractivity contribution < 1.29 is 14.6 Å². The van der Waals surface area contributed by atoms with E-state index in [1.165, 1.54) is 5.56 Å². The number of morpholine rings is 1. The Balaban J connectivity index is 1.10. The Bertz CT molecular complexity index is 1380. The van der Waals surface area contributed by atoms with Crippen LogP contribution >= 0.6 is 0 Å². The van der Waals surface area contributed by atoms with E-state index in [1.54, 1.807) is 18.3 Å². The van der Waals surface area contributed by atoms with E-state index in [0.717, 1.165) is 56.9 Å². The molecule has 3 saturated heterocycles. The summed E-state index contributed by atoms with van der Waals surface area (Å²) in [4.78, 5) is 24.6. The van der Waals surface area contributed by atoms with Gasteiger partial charge in [-0.3, -0.25) is 4.90 Å². The quantitative estimate of drug-likeness (QED) is 0.490. The topological polar surface area (TPSA) is 81.2 Å². The number of pyridine rings is 1. The number of aromatic hydroxyl groups is 1. The summed E-state index contributed by atoms with van der Waals surface area (Å²) in [7, 11) is 0. The molecule has 3 aromatic rings. The van der Waals surface area contributed by atoms with Gasteiger partial charge >= 0.3 is 6.03 Å². The van der Waals surface area contributed by atoms with Crippen molar-refractivity contribution in [1.29, 1.82) is 0 Å². The number of nitrogens with zero attached hydrogens (tertiary/aromatic N) is 4. The normalized spacial score (nSPS) is 21.2. The summed E-state index contributed by atoms with van der Waals surface area (Å²) in [5.41, 5.74) is 3.54. The molecule has 3 fully saturated rings. The predicted octanol–water partition coefficient (Wildman–Crippen LogP) is 4.12. The number of phenols is 1. The Labute approximate surface area is 235 Å². The third-order valence-electron chi connectivity index (χ3n) is 8.15. The first-order valence-electron chi connectivity index (χ1n) is 14.1. The van der Waals surface area contributed by atoms with Crippen molar-refractivity contribution in [2.75, 3.05) is 62.7 Å². The molecule has 2 N–H and O–H groups in total. The van der Waals surface area contributed by atoms with Crippen LogP contribution in [-0.4, -0.2) is 84.4 Å². The molecule has 3 aliphatic heterocycles. The minimum absolute atomic E-state index is 0.0665. The summed E-state index contributed by atoms with van der Waals surface area (Å²) < 4.78 is 5.43. The van der Waals surface area contributed by atoms with Crippen LogP contribution in [0.15, 0.2) is 66.9 Å². The number of para-hydroxylation sites is 1. The average molecular weight is 538 g/mol. The molecule has 6 rings (SSSR count). The molecule has 0 aliphatic carbocycles. The molecule has 8 heteroatoms. The molecule has 4 heterocycles. The molecule has 3 aliphatic rings. The van der Waals surface area contributed by atoms with Crippen LogP contribution in [0.4, 0.5) is 16.3 Å². The van der Waals surface area contributed by atoms with Crippen LogP contribution in [-0.2, 0) is 4.74 Å². The number of hydrogen-bond acceptors (Lipinski definition) is 6. The standard InChI is InChI=1S/C32H35N5O3/c38-30-5-2-1-4-26(30)11-8-24-6-9-25(10-7-24)28-14-17-35-15-3-16-37(23-29(28)35)32(39)34-27-12-13-31(33-22-27)36-18-20-40-21-19-36/h1-2,4-7,9-10,12-13,22,28-29,38H,3,14-21,23H2,(H,34,39)/t28-,29+/m1/s1. The number of phenolic OH excluding ortho intramolecular Hbond substituents is 1. The summed E-state index contributed by atoms with van der Waals surface area (Å²) in [6.07, 6.45) is 3.79. The van der Waals surface area contributed by atoms with Gasteiger partial charge in [0.2, 0.25) is 0 Å². The van der Waals surface area contributed by atoms with Crippen LogP contribution in [0.1, 0.15) is 35.4 Å². The largest absolute Gasteiger partial charge is 0.507 e. The molecular weight excluding hydrogens is 502 g/mol. The van der Waals surface area contributed by atoms with Crippen LogP contribution in [0.25, 0.3) is 0 Å². The van der Waals surface area contributed by atoms with Crippen molar-refractivity contribution in [2.24, 2.45) is 0 Å². The molecule has 2 aromatic carbocycles. The van der Waals surface area contributed by atoms with Crippen molar-refractivity contribution in [2.45, 2.75) is 24.8 Å². The molecule has 0 spiro atoms. The molecule has 0 saturated carbocycles. The first-order valence-corrected chi connectivity index (χ1v) is 14.1. The number of carbonyl (C=O) groups is 1. The first kappa shape index (κ1) is 26.2. The Morgan fingerprint density at radius 1 is 0.950 bits per heavy atom. The van der Waals surface area contributed by atoms with Gasteiger partial charge in [-0.25, -0.2) is 9.78 Å². The molecule has 206 valence electrons. The van der Waals surface area contributed by atoms with E-state index >= 15 is 0 Å². The highest BCUT2D eigenvalue weighted by Gasteiger charge is 2.38. The number of benzene rings is 2. The molecule has 0 bridgehead atoms. The van der Waals surface area contributed by atoms with E-state index in [2.05, 4.69) is 56.2 Å². The van der Waals surface area contributed by atoms with Crippen LogP contribution in [0, 0.1) is 11.8 Å². The highest BCUT2D eigenvalue weighted by atomic mass is 16.5. The van der Waals surface area contributed by atoms with E-state index < -0.39 is 0 Å². The predicted molar refractivity (Wildman–Crippen MR) is 156 cm³/mol. The molecule has 2 atom stereocenters. The van der Waals surface area contributed by atoms with Gasteiger partial charge in [0.25, 0.3) is 0 Å².